The Bertz CT molecular complexity index is 1090. The first-order chi connectivity index (χ1) is 11.8. The maximum absolute atomic E-state index is 12.5. The van der Waals surface area contributed by atoms with E-state index in [9.17, 15) is 16.8 Å². The fourth-order valence-corrected chi connectivity index (χ4v) is 5.88. The Labute approximate surface area is 154 Å². The molecule has 0 bridgehead atoms. The smallest absolute Gasteiger partial charge is 0.348 e. The summed E-state index contributed by atoms with van der Waals surface area (Å²) < 4.78 is 54.5. The highest BCUT2D eigenvalue weighted by Gasteiger charge is 2.25. The van der Waals surface area contributed by atoms with Gasteiger partial charge in [-0.15, -0.1) is 11.3 Å². The van der Waals surface area contributed by atoms with Crippen LogP contribution in [-0.4, -0.2) is 16.8 Å². The second-order valence-electron chi connectivity index (χ2n) is 4.91. The van der Waals surface area contributed by atoms with Crippen molar-refractivity contribution in [3.63, 3.8) is 0 Å². The first-order valence-electron chi connectivity index (χ1n) is 6.88. The average molecular weight is 415 g/mol. The molecule has 5 nitrogen and oxygen atoms in total. The minimum atomic E-state index is -4.14. The zero-order valence-electron chi connectivity index (χ0n) is 12.5. The standard InChI is InChI=1S/C16H11ClO5S3/c17-12-6-8-13(9-7-12)22-25(20,21)16-10-15(11-23-16)24(18,19)14-4-2-1-3-5-14/h1-11H. The van der Waals surface area contributed by atoms with Crippen molar-refractivity contribution in [3.8, 4) is 5.75 Å². The molecule has 0 aliphatic rings. The lowest BCUT2D eigenvalue weighted by Crippen LogP contribution is -2.08. The zero-order valence-corrected chi connectivity index (χ0v) is 15.7. The summed E-state index contributed by atoms with van der Waals surface area (Å²) >= 11 is 6.52. The highest BCUT2D eigenvalue weighted by Crippen LogP contribution is 2.30. The van der Waals surface area contributed by atoms with Crippen LogP contribution in [0.25, 0.3) is 0 Å². The molecule has 130 valence electrons. The maximum Gasteiger partial charge on any atom is 0.348 e. The summed E-state index contributed by atoms with van der Waals surface area (Å²) in [5.74, 6) is 0.0882. The van der Waals surface area contributed by atoms with E-state index in [-0.39, 0.29) is 19.7 Å². The molecule has 0 N–H and O–H groups in total. The Morgan fingerprint density at radius 1 is 0.840 bits per heavy atom. The molecule has 1 heterocycles. The van der Waals surface area contributed by atoms with Crippen LogP contribution in [0.5, 0.6) is 5.75 Å². The predicted octanol–water partition coefficient (Wildman–Crippen LogP) is 4.00. The molecule has 1 aromatic heterocycles. The quantitative estimate of drug-likeness (QED) is 0.589. The molecule has 9 heteroatoms. The van der Waals surface area contributed by atoms with E-state index in [1.54, 1.807) is 18.2 Å². The lowest BCUT2D eigenvalue weighted by molar-refractivity contribution is 0.488. The molecule has 0 amide bonds. The summed E-state index contributed by atoms with van der Waals surface area (Å²) in [6, 6.07) is 14.7. The normalized spacial score (nSPS) is 12.0. The van der Waals surface area contributed by atoms with Crippen LogP contribution in [-0.2, 0) is 20.0 Å². The van der Waals surface area contributed by atoms with Gasteiger partial charge in [-0.05, 0) is 42.5 Å². The van der Waals surface area contributed by atoms with Gasteiger partial charge in [-0.1, -0.05) is 29.8 Å². The third-order valence-electron chi connectivity index (χ3n) is 3.18. The summed E-state index contributed by atoms with van der Waals surface area (Å²) in [6.07, 6.45) is 0. The fraction of sp³-hybridized carbons (Fsp3) is 0. The molecule has 3 aromatic rings. The SMILES string of the molecule is O=S(=O)(Oc1ccc(Cl)cc1)c1cc(S(=O)(=O)c2ccccc2)cs1. The molecule has 0 aliphatic carbocycles. The zero-order chi connectivity index (χ0) is 18.1. The second-order valence-corrected chi connectivity index (χ2v) is 9.98. The van der Waals surface area contributed by atoms with Gasteiger partial charge in [0.15, 0.2) is 4.21 Å². The molecular formula is C16H11ClO5S3. The van der Waals surface area contributed by atoms with E-state index >= 15 is 0 Å². The number of benzene rings is 2. The van der Waals surface area contributed by atoms with E-state index in [0.29, 0.717) is 5.02 Å². The molecule has 2 aromatic carbocycles. The lowest BCUT2D eigenvalue weighted by Gasteiger charge is -2.05. The number of sulfone groups is 1. The minimum absolute atomic E-state index is 0.0882. The van der Waals surface area contributed by atoms with Crippen LogP contribution in [0.2, 0.25) is 5.02 Å². The summed E-state index contributed by atoms with van der Waals surface area (Å²) in [5.41, 5.74) is 0. The average Bonchev–Trinajstić information content (AvgIpc) is 3.09. The summed E-state index contributed by atoms with van der Waals surface area (Å²) in [7, 11) is -7.92. The van der Waals surface area contributed by atoms with Crippen molar-refractivity contribution >= 4 is 42.9 Å². The first-order valence-corrected chi connectivity index (χ1v) is 11.0. The van der Waals surface area contributed by atoms with Gasteiger partial charge >= 0.3 is 10.1 Å². The van der Waals surface area contributed by atoms with E-state index in [0.717, 1.165) is 17.4 Å². The van der Waals surface area contributed by atoms with Gasteiger partial charge in [0.05, 0.1) is 9.79 Å². The first kappa shape index (κ1) is 17.9. The molecule has 0 aliphatic heterocycles. The fourth-order valence-electron chi connectivity index (χ4n) is 1.97. The molecule has 0 fully saturated rings. The van der Waals surface area contributed by atoms with Gasteiger partial charge in [-0.2, -0.15) is 8.42 Å². The number of halogens is 1. The van der Waals surface area contributed by atoms with Crippen LogP contribution in [0.1, 0.15) is 0 Å². The van der Waals surface area contributed by atoms with Crippen molar-refractivity contribution in [1.82, 2.24) is 0 Å². The molecule has 0 saturated heterocycles. The highest BCUT2D eigenvalue weighted by molar-refractivity contribution is 7.92. The lowest BCUT2D eigenvalue weighted by atomic mass is 10.3. The van der Waals surface area contributed by atoms with Crippen LogP contribution < -0.4 is 4.18 Å². The van der Waals surface area contributed by atoms with E-state index in [2.05, 4.69) is 0 Å². The molecular weight excluding hydrogens is 404 g/mol. The largest absolute Gasteiger partial charge is 0.378 e. The third-order valence-corrected chi connectivity index (χ3v) is 7.98. The van der Waals surface area contributed by atoms with Gasteiger partial charge in [-0.25, -0.2) is 8.42 Å². The van der Waals surface area contributed by atoms with Gasteiger partial charge in [0.25, 0.3) is 0 Å². The van der Waals surface area contributed by atoms with Crippen molar-refractivity contribution < 1.29 is 21.0 Å². The summed E-state index contributed by atoms with van der Waals surface area (Å²) in [5, 5.41) is 1.72. The molecule has 0 radical (unpaired) electrons. The van der Waals surface area contributed by atoms with Crippen molar-refractivity contribution in [3.05, 3.63) is 71.1 Å². The van der Waals surface area contributed by atoms with Gasteiger partial charge in [-0.3, -0.25) is 0 Å². The van der Waals surface area contributed by atoms with Crippen molar-refractivity contribution in [2.75, 3.05) is 0 Å². The molecule has 0 unspecified atom stereocenters. The molecule has 0 atom stereocenters. The predicted molar refractivity (Wildman–Crippen MR) is 95.5 cm³/mol. The van der Waals surface area contributed by atoms with E-state index in [4.69, 9.17) is 15.8 Å². The van der Waals surface area contributed by atoms with Crippen molar-refractivity contribution in [2.45, 2.75) is 14.0 Å². The maximum atomic E-state index is 12.5. The van der Waals surface area contributed by atoms with Gasteiger partial charge < -0.3 is 4.18 Å². The van der Waals surface area contributed by atoms with Crippen molar-refractivity contribution in [2.24, 2.45) is 0 Å². The molecule has 3 rings (SSSR count). The second kappa shape index (κ2) is 6.80. The topological polar surface area (TPSA) is 77.5 Å². The van der Waals surface area contributed by atoms with E-state index in [1.165, 1.54) is 41.8 Å². The third kappa shape index (κ3) is 3.87. The Morgan fingerprint density at radius 3 is 2.12 bits per heavy atom. The molecule has 25 heavy (non-hydrogen) atoms. The van der Waals surface area contributed by atoms with Crippen LogP contribution in [0.3, 0.4) is 0 Å². The number of hydrogen-bond acceptors (Lipinski definition) is 6. The van der Waals surface area contributed by atoms with Gasteiger partial charge in [0.2, 0.25) is 9.84 Å². The summed E-state index contributed by atoms with van der Waals surface area (Å²) in [6.45, 7) is 0. The monoisotopic (exact) mass is 414 g/mol. The Hall–Kier alpha value is -1.87. The van der Waals surface area contributed by atoms with E-state index < -0.39 is 20.0 Å². The Kier molecular flexibility index (Phi) is 4.88. The molecule has 0 spiro atoms. The van der Waals surface area contributed by atoms with Crippen LogP contribution in [0.15, 0.2) is 80.0 Å². The number of rotatable bonds is 5. The Morgan fingerprint density at radius 2 is 1.48 bits per heavy atom. The van der Waals surface area contributed by atoms with Crippen LogP contribution in [0.4, 0.5) is 0 Å². The van der Waals surface area contributed by atoms with E-state index in [1.807, 2.05) is 0 Å². The number of thiophene rings is 1. The minimum Gasteiger partial charge on any atom is -0.378 e. The van der Waals surface area contributed by atoms with Crippen molar-refractivity contribution in [1.29, 1.82) is 0 Å². The van der Waals surface area contributed by atoms with Gasteiger partial charge in [0, 0.05) is 10.4 Å². The number of hydrogen-bond donors (Lipinski definition) is 0. The van der Waals surface area contributed by atoms with Crippen LogP contribution in [0, 0.1) is 0 Å². The van der Waals surface area contributed by atoms with Crippen LogP contribution >= 0.6 is 22.9 Å². The van der Waals surface area contributed by atoms with Gasteiger partial charge in [0.1, 0.15) is 5.75 Å². The highest BCUT2D eigenvalue weighted by atomic mass is 35.5. The summed E-state index contributed by atoms with van der Waals surface area (Å²) in [4.78, 5) is -0.00245. The molecule has 0 saturated carbocycles. The Balaban J connectivity index is 1.91.